The molecule has 0 aliphatic rings. The van der Waals surface area contributed by atoms with E-state index in [2.05, 4.69) is 15.6 Å². The number of phenols is 1. The summed E-state index contributed by atoms with van der Waals surface area (Å²) >= 11 is 0. The van der Waals surface area contributed by atoms with Crippen LogP contribution in [-0.4, -0.2) is 92.7 Å². The van der Waals surface area contributed by atoms with Crippen molar-refractivity contribution in [2.75, 3.05) is 6.54 Å². The van der Waals surface area contributed by atoms with E-state index in [1.54, 1.807) is 0 Å². The highest BCUT2D eigenvalue weighted by atomic mass is 16.4. The predicted molar refractivity (Wildman–Crippen MR) is 142 cm³/mol. The molecular weight excluding hydrogens is 546 g/mol. The number of nitrogens with one attached hydrogen (secondary N) is 3. The molecule has 0 aromatic heterocycles. The minimum atomic E-state index is -1.78. The first-order chi connectivity index (χ1) is 19.2. The summed E-state index contributed by atoms with van der Waals surface area (Å²) < 4.78 is 0. The fraction of sp³-hybridized carbons (Fsp3) is 0.458. The Labute approximate surface area is 234 Å². The van der Waals surface area contributed by atoms with E-state index in [1.807, 2.05) is 5.32 Å². The number of rotatable bonds is 18. The Morgan fingerprint density at radius 1 is 0.780 bits per heavy atom. The minimum Gasteiger partial charge on any atom is -0.508 e. The van der Waals surface area contributed by atoms with Crippen molar-refractivity contribution in [3.05, 3.63) is 29.8 Å². The molecule has 0 radical (unpaired) electrons. The van der Waals surface area contributed by atoms with Crippen molar-refractivity contribution in [2.24, 2.45) is 22.2 Å². The molecule has 0 aliphatic carbocycles. The normalized spacial score (nSPS) is 13.5. The summed E-state index contributed by atoms with van der Waals surface area (Å²) in [6.45, 7) is 0.205. The summed E-state index contributed by atoms with van der Waals surface area (Å²) in [6, 6.07) is -0.284. The molecule has 4 unspecified atom stereocenters. The Kier molecular flexibility index (Phi) is 14.1. The molecule has 0 saturated heterocycles. The van der Waals surface area contributed by atoms with Gasteiger partial charge in [-0.05, 0) is 37.0 Å². The van der Waals surface area contributed by atoms with Crippen molar-refractivity contribution >= 4 is 41.6 Å². The van der Waals surface area contributed by atoms with Crippen molar-refractivity contribution in [2.45, 2.75) is 62.7 Å². The minimum absolute atomic E-state index is 0.0596. The van der Waals surface area contributed by atoms with Crippen LogP contribution in [0.2, 0.25) is 0 Å². The highest BCUT2D eigenvalue weighted by Gasteiger charge is 2.32. The average Bonchev–Trinajstić information content (AvgIpc) is 2.88. The molecule has 3 amide bonds. The number of nitrogens with zero attached hydrogens (tertiary/aromatic N) is 1. The van der Waals surface area contributed by atoms with Crippen LogP contribution in [0.3, 0.4) is 0 Å². The predicted octanol–water partition coefficient (Wildman–Crippen LogP) is -2.81. The van der Waals surface area contributed by atoms with Crippen LogP contribution in [-0.2, 0) is 35.2 Å². The highest BCUT2D eigenvalue weighted by molar-refractivity contribution is 5.95. The van der Waals surface area contributed by atoms with Gasteiger partial charge >= 0.3 is 17.9 Å². The highest BCUT2D eigenvalue weighted by Crippen LogP contribution is 2.12. The van der Waals surface area contributed by atoms with Crippen LogP contribution < -0.4 is 33.2 Å². The topological polar surface area (TPSA) is 310 Å². The lowest BCUT2D eigenvalue weighted by Crippen LogP contribution is -2.58. The van der Waals surface area contributed by atoms with Gasteiger partial charge in [0.25, 0.3) is 0 Å². The zero-order valence-electron chi connectivity index (χ0n) is 22.0. The fourth-order valence-corrected chi connectivity index (χ4v) is 3.46. The molecule has 1 aromatic rings. The smallest absolute Gasteiger partial charge is 0.326 e. The fourth-order valence-electron chi connectivity index (χ4n) is 3.46. The third-order valence-electron chi connectivity index (χ3n) is 5.59. The monoisotopic (exact) mass is 581 g/mol. The van der Waals surface area contributed by atoms with Gasteiger partial charge in [0.2, 0.25) is 17.7 Å². The van der Waals surface area contributed by atoms with Crippen molar-refractivity contribution in [3.8, 4) is 5.75 Å². The second kappa shape index (κ2) is 16.9. The molecular formula is C24H35N7O10. The summed E-state index contributed by atoms with van der Waals surface area (Å²) in [5.41, 5.74) is 16.9. The van der Waals surface area contributed by atoms with Gasteiger partial charge in [-0.2, -0.15) is 0 Å². The molecule has 226 valence electrons. The summed E-state index contributed by atoms with van der Waals surface area (Å²) in [5, 5.41) is 43.6. The molecule has 4 atom stereocenters. The quantitative estimate of drug-likeness (QED) is 0.0476. The Balaban J connectivity index is 3.10. The zero-order valence-corrected chi connectivity index (χ0v) is 22.0. The molecule has 0 fully saturated rings. The van der Waals surface area contributed by atoms with Crippen LogP contribution in [0.1, 0.15) is 37.7 Å². The van der Waals surface area contributed by atoms with Gasteiger partial charge in [-0.25, -0.2) is 4.79 Å². The van der Waals surface area contributed by atoms with E-state index in [0.29, 0.717) is 12.0 Å². The molecule has 17 nitrogen and oxygen atoms in total. The Bertz CT molecular complexity index is 1120. The number of guanidine groups is 1. The van der Waals surface area contributed by atoms with Gasteiger partial charge in [-0.1, -0.05) is 12.1 Å². The van der Waals surface area contributed by atoms with Crippen LogP contribution in [0.25, 0.3) is 0 Å². The van der Waals surface area contributed by atoms with Gasteiger partial charge in [0, 0.05) is 19.4 Å². The number of carboxylic acids is 3. The standard InChI is InChI=1S/C24H35N7O10/c25-14(2-1-9-28-24(26)27)20(37)30-16(10-12-3-5-13(32)6-4-12)21(38)31-17(11-19(35)36)22(39)29-15(23(40)41)7-8-18(33)34/h3-6,14-17,32H,1-2,7-11,25H2,(H,29,39)(H,30,37)(H,31,38)(H,33,34)(H,35,36)(H,40,41)(H4,26,27,28). The number of carboxylic acid groups (broad SMARTS) is 3. The SMILES string of the molecule is NC(N)=NCCCC(N)C(=O)NC(Cc1ccc(O)cc1)C(=O)NC(CC(=O)O)C(=O)NC(CCC(=O)O)C(=O)O. The maximum atomic E-state index is 13.2. The molecule has 0 heterocycles. The molecule has 13 N–H and O–H groups in total. The molecule has 0 saturated carbocycles. The molecule has 0 spiro atoms. The summed E-state index contributed by atoms with van der Waals surface area (Å²) in [5.74, 6) is -7.50. The number of carbonyl (C=O) groups is 6. The third-order valence-corrected chi connectivity index (χ3v) is 5.59. The first-order valence-corrected chi connectivity index (χ1v) is 12.4. The number of hydrogen-bond acceptors (Lipinski definition) is 9. The number of phenolic OH excluding ortho intramolecular Hbond substituents is 1. The lowest BCUT2D eigenvalue weighted by atomic mass is 10.0. The molecule has 1 rings (SSSR count). The van der Waals surface area contributed by atoms with E-state index in [4.69, 9.17) is 22.3 Å². The second-order valence-corrected chi connectivity index (χ2v) is 8.98. The summed E-state index contributed by atoms with van der Waals surface area (Å²) in [6.07, 6.45) is -1.71. The third kappa shape index (κ3) is 13.6. The number of carbonyl (C=O) groups excluding carboxylic acids is 3. The van der Waals surface area contributed by atoms with E-state index >= 15 is 0 Å². The average molecular weight is 582 g/mol. The van der Waals surface area contributed by atoms with Gasteiger partial charge in [-0.15, -0.1) is 0 Å². The number of nitrogens with two attached hydrogens (primary N) is 3. The van der Waals surface area contributed by atoms with Gasteiger partial charge in [0.05, 0.1) is 12.5 Å². The van der Waals surface area contributed by atoms with E-state index in [1.165, 1.54) is 24.3 Å². The molecule has 0 aliphatic heterocycles. The van der Waals surface area contributed by atoms with Crippen LogP contribution in [0.5, 0.6) is 5.75 Å². The number of aliphatic carboxylic acids is 3. The Morgan fingerprint density at radius 3 is 1.88 bits per heavy atom. The van der Waals surface area contributed by atoms with Crippen LogP contribution >= 0.6 is 0 Å². The molecule has 17 heteroatoms. The van der Waals surface area contributed by atoms with Crippen molar-refractivity contribution in [3.63, 3.8) is 0 Å². The largest absolute Gasteiger partial charge is 0.508 e. The lowest BCUT2D eigenvalue weighted by Gasteiger charge is -2.24. The van der Waals surface area contributed by atoms with Crippen molar-refractivity contribution < 1.29 is 49.2 Å². The van der Waals surface area contributed by atoms with Gasteiger partial charge in [0.15, 0.2) is 5.96 Å². The van der Waals surface area contributed by atoms with E-state index in [0.717, 1.165) is 0 Å². The maximum absolute atomic E-state index is 13.2. The first kappa shape index (κ1) is 34.1. The summed E-state index contributed by atoms with van der Waals surface area (Å²) in [4.78, 5) is 76.1. The van der Waals surface area contributed by atoms with Crippen LogP contribution in [0, 0.1) is 0 Å². The first-order valence-electron chi connectivity index (χ1n) is 12.4. The van der Waals surface area contributed by atoms with Crippen molar-refractivity contribution in [1.82, 2.24) is 16.0 Å². The van der Waals surface area contributed by atoms with Gasteiger partial charge < -0.3 is 53.6 Å². The van der Waals surface area contributed by atoms with E-state index < -0.39 is 79.1 Å². The maximum Gasteiger partial charge on any atom is 0.326 e. The van der Waals surface area contributed by atoms with Gasteiger partial charge in [-0.3, -0.25) is 29.0 Å². The molecule has 41 heavy (non-hydrogen) atoms. The summed E-state index contributed by atoms with van der Waals surface area (Å²) in [7, 11) is 0. The number of hydrogen-bond donors (Lipinski definition) is 10. The Morgan fingerprint density at radius 2 is 1.34 bits per heavy atom. The van der Waals surface area contributed by atoms with Crippen molar-refractivity contribution in [1.29, 1.82) is 0 Å². The van der Waals surface area contributed by atoms with E-state index in [9.17, 15) is 44.1 Å². The number of aromatic hydroxyl groups is 1. The lowest BCUT2D eigenvalue weighted by molar-refractivity contribution is -0.144. The van der Waals surface area contributed by atoms with Gasteiger partial charge in [0.1, 0.15) is 23.9 Å². The number of benzene rings is 1. The second-order valence-electron chi connectivity index (χ2n) is 8.98. The number of aliphatic imine (C=N–C) groups is 1. The zero-order chi connectivity index (χ0) is 31.1. The van der Waals surface area contributed by atoms with Crippen LogP contribution in [0.4, 0.5) is 0 Å². The Hall–Kier alpha value is -4.93. The van der Waals surface area contributed by atoms with Crippen LogP contribution in [0.15, 0.2) is 29.3 Å². The molecule has 1 aromatic carbocycles. The number of amides is 3. The van der Waals surface area contributed by atoms with E-state index in [-0.39, 0.29) is 31.1 Å². The molecule has 0 bridgehead atoms.